The van der Waals surface area contributed by atoms with Crippen LogP contribution in [0.2, 0.25) is 0 Å². The second kappa shape index (κ2) is 8.30. The van der Waals surface area contributed by atoms with E-state index in [1.54, 1.807) is 18.3 Å². The summed E-state index contributed by atoms with van der Waals surface area (Å²) in [4.78, 5) is 4.50. The first-order valence-electron chi connectivity index (χ1n) is 9.51. The Labute approximate surface area is 166 Å². The van der Waals surface area contributed by atoms with Gasteiger partial charge in [0.2, 0.25) is 5.88 Å². The van der Waals surface area contributed by atoms with Crippen molar-refractivity contribution in [3.8, 4) is 11.6 Å². The molecule has 1 aliphatic carbocycles. The van der Waals surface area contributed by atoms with Crippen molar-refractivity contribution in [3.63, 3.8) is 0 Å². The molecule has 0 spiro atoms. The lowest BCUT2D eigenvalue weighted by atomic mass is 9.89. The Morgan fingerprint density at radius 1 is 1.07 bits per heavy atom. The van der Waals surface area contributed by atoms with E-state index >= 15 is 0 Å². The highest BCUT2D eigenvalue weighted by molar-refractivity contribution is 5.89. The molecule has 1 aliphatic rings. The van der Waals surface area contributed by atoms with Crippen molar-refractivity contribution in [2.75, 3.05) is 0 Å². The van der Waals surface area contributed by atoms with E-state index in [1.807, 2.05) is 0 Å². The molecule has 0 saturated heterocycles. The van der Waals surface area contributed by atoms with Crippen LogP contribution in [0.4, 0.5) is 4.39 Å². The molecule has 0 N–H and O–H groups in total. The quantitative estimate of drug-likeness (QED) is 0.504. The summed E-state index contributed by atoms with van der Waals surface area (Å²) in [5, 5.41) is 1.19. The minimum absolute atomic E-state index is 0. The molecule has 2 heterocycles. The van der Waals surface area contributed by atoms with E-state index in [-0.39, 0.29) is 18.2 Å². The lowest BCUT2D eigenvalue weighted by Gasteiger charge is -2.23. The van der Waals surface area contributed by atoms with Crippen molar-refractivity contribution in [3.05, 3.63) is 53.6 Å². The van der Waals surface area contributed by atoms with Crippen molar-refractivity contribution in [2.45, 2.75) is 52.5 Å². The van der Waals surface area contributed by atoms with E-state index in [0.717, 1.165) is 18.0 Å². The van der Waals surface area contributed by atoms with Crippen LogP contribution >= 0.6 is 12.4 Å². The van der Waals surface area contributed by atoms with Gasteiger partial charge in [-0.1, -0.05) is 19.3 Å². The molecule has 144 valence electrons. The van der Waals surface area contributed by atoms with Gasteiger partial charge in [-0.05, 0) is 68.5 Å². The van der Waals surface area contributed by atoms with Gasteiger partial charge in [0.15, 0.2) is 0 Å². The molecule has 1 fully saturated rings. The van der Waals surface area contributed by atoms with Gasteiger partial charge in [-0.15, -0.1) is 12.4 Å². The number of fused-ring (bicyclic) bond motifs is 1. The first-order valence-corrected chi connectivity index (χ1v) is 9.51. The number of halogens is 2. The zero-order chi connectivity index (χ0) is 18.1. The third kappa shape index (κ3) is 3.96. The molecule has 2 aromatic heterocycles. The molecule has 3 nitrogen and oxygen atoms in total. The number of rotatable bonds is 4. The van der Waals surface area contributed by atoms with Gasteiger partial charge in [-0.2, -0.15) is 0 Å². The molecule has 0 unspecified atom stereocenters. The molecule has 0 radical (unpaired) electrons. The summed E-state index contributed by atoms with van der Waals surface area (Å²) in [6.45, 7) is 5.36. The maximum absolute atomic E-state index is 13.2. The summed E-state index contributed by atoms with van der Waals surface area (Å²) in [5.41, 5.74) is 3.61. The number of benzene rings is 1. The Bertz CT molecular complexity index is 914. The van der Waals surface area contributed by atoms with Gasteiger partial charge in [-0.3, -0.25) is 0 Å². The van der Waals surface area contributed by atoms with E-state index in [2.05, 4.69) is 29.5 Å². The largest absolute Gasteiger partial charge is 0.437 e. The van der Waals surface area contributed by atoms with Gasteiger partial charge in [-0.25, -0.2) is 9.37 Å². The first-order chi connectivity index (χ1) is 12.6. The Balaban J connectivity index is 0.00000210. The maximum atomic E-state index is 13.2. The number of hydrogen-bond acceptors (Lipinski definition) is 2. The molecule has 5 heteroatoms. The monoisotopic (exact) mass is 388 g/mol. The second-order valence-corrected chi connectivity index (χ2v) is 7.39. The minimum atomic E-state index is -0.268. The Hall–Kier alpha value is -2.07. The SMILES string of the molecule is Cc1c(C)n(CC2CCCCC2)c2c(Oc3ccc(F)cc3)nccc12.Cl. The number of hydrogen-bond donors (Lipinski definition) is 0. The van der Waals surface area contributed by atoms with Crippen LogP contribution in [-0.2, 0) is 6.54 Å². The van der Waals surface area contributed by atoms with Gasteiger partial charge in [0, 0.05) is 23.8 Å². The molecule has 4 rings (SSSR count). The molecule has 27 heavy (non-hydrogen) atoms. The van der Waals surface area contributed by atoms with Crippen LogP contribution in [-0.4, -0.2) is 9.55 Å². The molecular formula is C22H26ClFN2O. The highest BCUT2D eigenvalue weighted by Gasteiger charge is 2.21. The topological polar surface area (TPSA) is 27.1 Å². The van der Waals surface area contributed by atoms with Gasteiger partial charge < -0.3 is 9.30 Å². The number of nitrogens with zero attached hydrogens (tertiary/aromatic N) is 2. The zero-order valence-corrected chi connectivity index (χ0v) is 16.7. The third-order valence-corrected chi connectivity index (χ3v) is 5.71. The molecule has 0 atom stereocenters. The van der Waals surface area contributed by atoms with Gasteiger partial charge >= 0.3 is 0 Å². The molecule has 0 amide bonds. The van der Waals surface area contributed by atoms with Crippen molar-refractivity contribution in [2.24, 2.45) is 5.92 Å². The van der Waals surface area contributed by atoms with Crippen LogP contribution in [0.15, 0.2) is 36.5 Å². The van der Waals surface area contributed by atoms with E-state index in [0.29, 0.717) is 11.6 Å². The minimum Gasteiger partial charge on any atom is -0.437 e. The van der Waals surface area contributed by atoms with Crippen LogP contribution in [0.3, 0.4) is 0 Å². The normalized spacial score (nSPS) is 14.9. The van der Waals surface area contributed by atoms with Gasteiger partial charge in [0.25, 0.3) is 0 Å². The molecular weight excluding hydrogens is 363 g/mol. The fourth-order valence-corrected chi connectivity index (χ4v) is 4.11. The number of pyridine rings is 1. The average molecular weight is 389 g/mol. The fourth-order valence-electron chi connectivity index (χ4n) is 4.11. The lowest BCUT2D eigenvalue weighted by molar-refractivity contribution is 0.320. The van der Waals surface area contributed by atoms with E-state index < -0.39 is 0 Å². The Morgan fingerprint density at radius 3 is 2.48 bits per heavy atom. The van der Waals surface area contributed by atoms with Crippen molar-refractivity contribution in [1.82, 2.24) is 9.55 Å². The molecule has 1 aromatic carbocycles. The molecule has 0 bridgehead atoms. The summed E-state index contributed by atoms with van der Waals surface area (Å²) in [6, 6.07) is 8.17. The summed E-state index contributed by atoms with van der Waals surface area (Å²) in [5.74, 6) is 1.65. The Kier molecular flexibility index (Phi) is 6.05. The lowest BCUT2D eigenvalue weighted by Crippen LogP contribution is -2.15. The highest BCUT2D eigenvalue weighted by atomic mass is 35.5. The predicted octanol–water partition coefficient (Wildman–Crippen LogP) is 6.59. The second-order valence-electron chi connectivity index (χ2n) is 7.39. The van der Waals surface area contributed by atoms with E-state index in [4.69, 9.17) is 4.74 Å². The van der Waals surface area contributed by atoms with Crippen LogP contribution in [0, 0.1) is 25.6 Å². The number of ether oxygens (including phenoxy) is 1. The van der Waals surface area contributed by atoms with Crippen molar-refractivity contribution >= 4 is 23.3 Å². The van der Waals surface area contributed by atoms with Gasteiger partial charge in [0.05, 0.1) is 0 Å². The average Bonchev–Trinajstić information content (AvgIpc) is 2.90. The summed E-state index contributed by atoms with van der Waals surface area (Å²) < 4.78 is 21.6. The van der Waals surface area contributed by atoms with Gasteiger partial charge in [0.1, 0.15) is 17.1 Å². The van der Waals surface area contributed by atoms with Crippen molar-refractivity contribution in [1.29, 1.82) is 0 Å². The number of aryl methyl sites for hydroxylation is 1. The summed E-state index contributed by atoms with van der Waals surface area (Å²) in [6.07, 6.45) is 8.41. The zero-order valence-electron chi connectivity index (χ0n) is 15.9. The third-order valence-electron chi connectivity index (χ3n) is 5.71. The number of aromatic nitrogens is 2. The van der Waals surface area contributed by atoms with Crippen LogP contribution in [0.25, 0.3) is 10.9 Å². The summed E-state index contributed by atoms with van der Waals surface area (Å²) in [7, 11) is 0. The van der Waals surface area contributed by atoms with Crippen LogP contribution < -0.4 is 4.74 Å². The fraction of sp³-hybridized carbons (Fsp3) is 0.409. The highest BCUT2D eigenvalue weighted by Crippen LogP contribution is 2.35. The molecule has 3 aromatic rings. The van der Waals surface area contributed by atoms with E-state index in [1.165, 1.54) is 60.9 Å². The standard InChI is InChI=1S/C22H25FN2O.ClH/c1-15-16(2)25(14-17-6-4-3-5-7-17)21-20(15)12-13-24-22(21)26-19-10-8-18(23)9-11-19;/h8-13,17H,3-7,14H2,1-2H3;1H. The van der Waals surface area contributed by atoms with Crippen molar-refractivity contribution < 1.29 is 9.13 Å². The Morgan fingerprint density at radius 2 is 1.78 bits per heavy atom. The van der Waals surface area contributed by atoms with Crippen LogP contribution in [0.5, 0.6) is 11.6 Å². The van der Waals surface area contributed by atoms with E-state index in [9.17, 15) is 4.39 Å². The summed E-state index contributed by atoms with van der Waals surface area (Å²) >= 11 is 0. The molecule has 0 aliphatic heterocycles. The molecule has 1 saturated carbocycles. The predicted molar refractivity (Wildman–Crippen MR) is 110 cm³/mol. The smallest absolute Gasteiger partial charge is 0.244 e. The first kappa shape index (κ1) is 19.7. The van der Waals surface area contributed by atoms with Crippen LogP contribution in [0.1, 0.15) is 43.4 Å². The maximum Gasteiger partial charge on any atom is 0.244 e.